The Balaban J connectivity index is 1.59. The molecular weight excluding hydrogens is 372 g/mol. The maximum atomic E-state index is 12.4. The molecule has 8 nitrogen and oxygen atoms in total. The molecule has 0 aliphatic heterocycles. The maximum absolute atomic E-state index is 12.4. The molecule has 0 bridgehead atoms. The van der Waals surface area contributed by atoms with Crippen LogP contribution < -0.4 is 20.1 Å². The number of anilines is 1. The molecule has 0 aliphatic rings. The SMILES string of the molecule is COc1ccc(CCNc2nc(C)cc(C(=O)NCc3ccco3)n2)cc1OC. The first-order chi connectivity index (χ1) is 14.1. The summed E-state index contributed by atoms with van der Waals surface area (Å²) in [6.07, 6.45) is 2.30. The molecule has 0 radical (unpaired) electrons. The standard InChI is InChI=1S/C21H24N4O4/c1-14-11-17(20(26)23-13-16-5-4-10-29-16)25-21(24-14)22-9-8-15-6-7-18(27-2)19(12-15)28-3/h4-7,10-12H,8-9,13H2,1-3H3,(H,23,26)(H,22,24,25). The second kappa shape index (κ2) is 9.59. The summed E-state index contributed by atoms with van der Waals surface area (Å²) in [5.74, 6) is 2.18. The number of nitrogens with zero attached hydrogens (tertiary/aromatic N) is 2. The normalized spacial score (nSPS) is 10.4. The van der Waals surface area contributed by atoms with Gasteiger partial charge in [-0.25, -0.2) is 9.97 Å². The van der Waals surface area contributed by atoms with Crippen LogP contribution in [0.3, 0.4) is 0 Å². The number of hydrogen-bond acceptors (Lipinski definition) is 7. The Bertz CT molecular complexity index is 957. The van der Waals surface area contributed by atoms with Crippen LogP contribution in [-0.4, -0.2) is 36.6 Å². The molecule has 1 aromatic carbocycles. The summed E-state index contributed by atoms with van der Waals surface area (Å²) >= 11 is 0. The van der Waals surface area contributed by atoms with E-state index in [0.717, 1.165) is 12.0 Å². The summed E-state index contributed by atoms with van der Waals surface area (Å²) < 4.78 is 15.8. The fourth-order valence-corrected chi connectivity index (χ4v) is 2.79. The smallest absolute Gasteiger partial charge is 0.270 e. The number of hydrogen-bond donors (Lipinski definition) is 2. The van der Waals surface area contributed by atoms with Crippen molar-refractivity contribution < 1.29 is 18.7 Å². The lowest BCUT2D eigenvalue weighted by atomic mass is 10.1. The van der Waals surface area contributed by atoms with Gasteiger partial charge in [0.25, 0.3) is 5.91 Å². The lowest BCUT2D eigenvalue weighted by Crippen LogP contribution is -2.24. The van der Waals surface area contributed by atoms with Gasteiger partial charge in [0, 0.05) is 12.2 Å². The summed E-state index contributed by atoms with van der Waals surface area (Å²) in [4.78, 5) is 21.0. The van der Waals surface area contributed by atoms with Gasteiger partial charge in [-0.3, -0.25) is 4.79 Å². The van der Waals surface area contributed by atoms with Crippen LogP contribution in [0.2, 0.25) is 0 Å². The van der Waals surface area contributed by atoms with Gasteiger partial charge in [0.2, 0.25) is 5.95 Å². The second-order valence-corrected chi connectivity index (χ2v) is 6.35. The molecule has 8 heteroatoms. The van der Waals surface area contributed by atoms with E-state index >= 15 is 0 Å². The van der Waals surface area contributed by atoms with E-state index in [1.165, 1.54) is 0 Å². The van der Waals surface area contributed by atoms with Crippen LogP contribution in [0.25, 0.3) is 0 Å². The molecule has 0 aliphatic carbocycles. The van der Waals surface area contributed by atoms with Gasteiger partial charge < -0.3 is 24.5 Å². The number of ether oxygens (including phenoxy) is 2. The summed E-state index contributed by atoms with van der Waals surface area (Å²) in [6.45, 7) is 2.73. The van der Waals surface area contributed by atoms with Crippen molar-refractivity contribution in [2.24, 2.45) is 0 Å². The zero-order chi connectivity index (χ0) is 20.6. The number of aryl methyl sites for hydroxylation is 1. The molecule has 1 amide bonds. The number of methoxy groups -OCH3 is 2. The number of carbonyl (C=O) groups is 1. The summed E-state index contributed by atoms with van der Waals surface area (Å²) in [5.41, 5.74) is 2.09. The maximum Gasteiger partial charge on any atom is 0.270 e. The van der Waals surface area contributed by atoms with E-state index in [1.807, 2.05) is 25.1 Å². The van der Waals surface area contributed by atoms with Crippen molar-refractivity contribution in [1.82, 2.24) is 15.3 Å². The average molecular weight is 396 g/mol. The van der Waals surface area contributed by atoms with Gasteiger partial charge in [0.05, 0.1) is 27.0 Å². The summed E-state index contributed by atoms with van der Waals surface area (Å²) in [7, 11) is 3.22. The molecule has 0 saturated carbocycles. The lowest BCUT2D eigenvalue weighted by molar-refractivity contribution is 0.0943. The van der Waals surface area contributed by atoms with Crippen molar-refractivity contribution in [3.8, 4) is 11.5 Å². The van der Waals surface area contributed by atoms with E-state index in [2.05, 4.69) is 20.6 Å². The molecule has 2 heterocycles. The topological polar surface area (TPSA) is 98.5 Å². The van der Waals surface area contributed by atoms with Gasteiger partial charge in [-0.05, 0) is 49.2 Å². The van der Waals surface area contributed by atoms with Crippen molar-refractivity contribution >= 4 is 11.9 Å². The Morgan fingerprint density at radius 1 is 1.10 bits per heavy atom. The number of nitrogens with one attached hydrogen (secondary N) is 2. The Hall–Kier alpha value is -3.55. The zero-order valence-corrected chi connectivity index (χ0v) is 16.7. The third-order valence-electron chi connectivity index (χ3n) is 4.23. The van der Waals surface area contributed by atoms with Crippen LogP contribution in [0, 0.1) is 6.92 Å². The summed E-state index contributed by atoms with van der Waals surface area (Å²) in [6, 6.07) is 11.0. The van der Waals surface area contributed by atoms with E-state index in [1.54, 1.807) is 38.7 Å². The molecule has 3 rings (SSSR count). The molecule has 0 spiro atoms. The van der Waals surface area contributed by atoms with Crippen molar-refractivity contribution in [2.45, 2.75) is 19.9 Å². The first-order valence-electron chi connectivity index (χ1n) is 9.20. The van der Waals surface area contributed by atoms with Gasteiger partial charge in [-0.15, -0.1) is 0 Å². The molecule has 0 saturated heterocycles. The molecule has 2 N–H and O–H groups in total. The minimum Gasteiger partial charge on any atom is -0.493 e. The highest BCUT2D eigenvalue weighted by Crippen LogP contribution is 2.27. The molecule has 0 atom stereocenters. The molecule has 0 unspecified atom stereocenters. The zero-order valence-electron chi connectivity index (χ0n) is 16.7. The van der Waals surface area contributed by atoms with E-state index in [-0.39, 0.29) is 5.91 Å². The van der Waals surface area contributed by atoms with E-state index < -0.39 is 0 Å². The largest absolute Gasteiger partial charge is 0.493 e. The van der Waals surface area contributed by atoms with Crippen LogP contribution in [0.15, 0.2) is 47.1 Å². The highest BCUT2D eigenvalue weighted by atomic mass is 16.5. The number of carbonyl (C=O) groups excluding carboxylic acids is 1. The van der Waals surface area contributed by atoms with Crippen molar-refractivity contribution in [3.05, 3.63) is 65.4 Å². The van der Waals surface area contributed by atoms with Crippen molar-refractivity contribution in [2.75, 3.05) is 26.1 Å². The fourth-order valence-electron chi connectivity index (χ4n) is 2.79. The predicted octanol–water partition coefficient (Wildman–Crippen LogP) is 2.98. The monoisotopic (exact) mass is 396 g/mol. The van der Waals surface area contributed by atoms with Gasteiger partial charge in [0.1, 0.15) is 11.5 Å². The fraction of sp³-hybridized carbons (Fsp3) is 0.286. The second-order valence-electron chi connectivity index (χ2n) is 6.35. The van der Waals surface area contributed by atoms with Gasteiger partial charge >= 0.3 is 0 Å². The Morgan fingerprint density at radius 2 is 1.93 bits per heavy atom. The number of amides is 1. The predicted molar refractivity (Wildman–Crippen MR) is 108 cm³/mol. The number of rotatable bonds is 9. The summed E-state index contributed by atoms with van der Waals surface area (Å²) in [5, 5.41) is 5.96. The van der Waals surface area contributed by atoms with Gasteiger partial charge in [-0.1, -0.05) is 6.07 Å². The van der Waals surface area contributed by atoms with E-state index in [4.69, 9.17) is 13.9 Å². The van der Waals surface area contributed by atoms with E-state index in [0.29, 0.717) is 47.7 Å². The number of furan rings is 1. The Kier molecular flexibility index (Phi) is 6.67. The van der Waals surface area contributed by atoms with Crippen LogP contribution in [0.4, 0.5) is 5.95 Å². The van der Waals surface area contributed by atoms with Crippen molar-refractivity contribution in [1.29, 1.82) is 0 Å². The van der Waals surface area contributed by atoms with Crippen LogP contribution in [-0.2, 0) is 13.0 Å². The first kappa shape index (κ1) is 20.2. The number of aromatic nitrogens is 2. The third kappa shape index (κ3) is 5.47. The van der Waals surface area contributed by atoms with Crippen LogP contribution in [0.5, 0.6) is 11.5 Å². The number of benzene rings is 1. The molecular formula is C21H24N4O4. The third-order valence-corrected chi connectivity index (χ3v) is 4.23. The minimum absolute atomic E-state index is 0.283. The molecule has 29 heavy (non-hydrogen) atoms. The molecule has 3 aromatic rings. The Labute approximate surface area is 169 Å². The van der Waals surface area contributed by atoms with Gasteiger partial charge in [0.15, 0.2) is 11.5 Å². The molecule has 0 fully saturated rings. The molecule has 152 valence electrons. The minimum atomic E-state index is -0.283. The quantitative estimate of drug-likeness (QED) is 0.574. The first-order valence-corrected chi connectivity index (χ1v) is 9.20. The van der Waals surface area contributed by atoms with Crippen LogP contribution >= 0.6 is 0 Å². The highest BCUT2D eigenvalue weighted by molar-refractivity contribution is 5.92. The Morgan fingerprint density at radius 3 is 2.66 bits per heavy atom. The van der Waals surface area contributed by atoms with Gasteiger partial charge in [-0.2, -0.15) is 0 Å². The van der Waals surface area contributed by atoms with Crippen molar-refractivity contribution in [3.63, 3.8) is 0 Å². The van der Waals surface area contributed by atoms with E-state index in [9.17, 15) is 4.79 Å². The highest BCUT2D eigenvalue weighted by Gasteiger charge is 2.11. The molecule has 2 aromatic heterocycles. The average Bonchev–Trinajstić information content (AvgIpc) is 3.25. The lowest BCUT2D eigenvalue weighted by Gasteiger charge is -2.11. The van der Waals surface area contributed by atoms with Crippen LogP contribution in [0.1, 0.15) is 27.5 Å².